The Labute approximate surface area is 172 Å². The van der Waals surface area contributed by atoms with Crippen LogP contribution in [0.5, 0.6) is 11.5 Å². The molecule has 3 aromatic rings. The zero-order valence-corrected chi connectivity index (χ0v) is 16.4. The number of benzene rings is 2. The van der Waals surface area contributed by atoms with E-state index in [2.05, 4.69) is 0 Å². The Hall–Kier alpha value is -4.00. The first-order chi connectivity index (χ1) is 14.5. The van der Waals surface area contributed by atoms with Crippen LogP contribution in [-0.2, 0) is 9.59 Å². The average molecular weight is 405 g/mol. The van der Waals surface area contributed by atoms with Crippen molar-refractivity contribution in [2.24, 2.45) is 0 Å². The summed E-state index contributed by atoms with van der Waals surface area (Å²) in [5.41, 5.74) is 0.739. The summed E-state index contributed by atoms with van der Waals surface area (Å²) in [7, 11) is 3.02. The van der Waals surface area contributed by atoms with Gasteiger partial charge in [0.05, 0.1) is 26.1 Å². The van der Waals surface area contributed by atoms with Crippen LogP contribution >= 0.6 is 0 Å². The van der Waals surface area contributed by atoms with Gasteiger partial charge in [0.15, 0.2) is 0 Å². The summed E-state index contributed by atoms with van der Waals surface area (Å²) in [6.07, 6.45) is 1.45. The van der Waals surface area contributed by atoms with E-state index in [1.165, 1.54) is 25.4 Å². The van der Waals surface area contributed by atoms with Crippen LogP contribution in [0.1, 0.15) is 17.4 Å². The van der Waals surface area contributed by atoms with Gasteiger partial charge in [0.25, 0.3) is 11.7 Å². The van der Waals surface area contributed by atoms with E-state index in [0.717, 1.165) is 0 Å². The van der Waals surface area contributed by atoms with Gasteiger partial charge in [-0.05, 0) is 36.4 Å². The highest BCUT2D eigenvalue weighted by molar-refractivity contribution is 6.51. The van der Waals surface area contributed by atoms with Gasteiger partial charge in [0, 0.05) is 17.3 Å². The molecule has 0 bridgehead atoms. The van der Waals surface area contributed by atoms with E-state index in [1.54, 1.807) is 60.7 Å². The number of hydrogen-bond donors (Lipinski definition) is 1. The van der Waals surface area contributed by atoms with Crippen LogP contribution in [0.25, 0.3) is 5.76 Å². The minimum absolute atomic E-state index is 0.0639. The number of ketones is 1. The molecular weight excluding hydrogens is 386 g/mol. The molecule has 0 radical (unpaired) electrons. The number of carbonyl (C=O) groups is 2. The molecule has 0 spiro atoms. The summed E-state index contributed by atoms with van der Waals surface area (Å²) >= 11 is 0. The Kier molecular flexibility index (Phi) is 5.02. The van der Waals surface area contributed by atoms with Gasteiger partial charge in [-0.2, -0.15) is 0 Å². The van der Waals surface area contributed by atoms with Crippen molar-refractivity contribution in [2.75, 3.05) is 19.1 Å². The molecule has 2 aromatic carbocycles. The lowest BCUT2D eigenvalue weighted by molar-refractivity contribution is -0.132. The molecule has 30 heavy (non-hydrogen) atoms. The van der Waals surface area contributed by atoms with Gasteiger partial charge >= 0.3 is 0 Å². The molecule has 1 atom stereocenters. The summed E-state index contributed by atoms with van der Waals surface area (Å²) in [6.45, 7) is 0. The van der Waals surface area contributed by atoms with Crippen LogP contribution in [0.15, 0.2) is 76.9 Å². The lowest BCUT2D eigenvalue weighted by Crippen LogP contribution is -2.29. The second kappa shape index (κ2) is 7.79. The summed E-state index contributed by atoms with van der Waals surface area (Å²) < 4.78 is 16.0. The lowest BCUT2D eigenvalue weighted by atomic mass is 9.99. The average Bonchev–Trinajstić information content (AvgIpc) is 3.40. The maximum absolute atomic E-state index is 13.0. The van der Waals surface area contributed by atoms with Crippen molar-refractivity contribution in [1.29, 1.82) is 0 Å². The molecule has 7 nitrogen and oxygen atoms in total. The van der Waals surface area contributed by atoms with Crippen LogP contribution in [-0.4, -0.2) is 31.0 Å². The number of ether oxygens (including phenoxy) is 2. The van der Waals surface area contributed by atoms with Gasteiger partial charge in [-0.25, -0.2) is 0 Å². The van der Waals surface area contributed by atoms with Crippen molar-refractivity contribution in [1.82, 2.24) is 0 Å². The fourth-order valence-electron chi connectivity index (χ4n) is 3.50. The number of aliphatic hydroxyl groups is 1. The molecule has 152 valence electrons. The van der Waals surface area contributed by atoms with E-state index < -0.39 is 17.7 Å². The molecule has 1 amide bonds. The fourth-order valence-corrected chi connectivity index (χ4v) is 3.50. The van der Waals surface area contributed by atoms with E-state index in [-0.39, 0.29) is 11.3 Å². The maximum atomic E-state index is 13.0. The number of nitrogens with zero attached hydrogens (tertiary/aromatic N) is 1. The largest absolute Gasteiger partial charge is 0.507 e. The summed E-state index contributed by atoms with van der Waals surface area (Å²) in [6, 6.07) is 15.8. The fraction of sp³-hybridized carbons (Fsp3) is 0.130. The van der Waals surface area contributed by atoms with E-state index in [1.807, 2.05) is 0 Å². The predicted molar refractivity (Wildman–Crippen MR) is 109 cm³/mol. The van der Waals surface area contributed by atoms with Gasteiger partial charge in [0.1, 0.15) is 29.1 Å². The standard InChI is InChI=1S/C23H19NO6/c1-28-16-8-3-6-14(12-16)21(25)19-20(18-10-5-11-30-18)24(23(27)22(19)26)15-7-4-9-17(13-15)29-2/h3-13,20,25H,1-2H3/b21-19-. The molecule has 1 saturated heterocycles. The Morgan fingerprint density at radius 1 is 0.967 bits per heavy atom. The Morgan fingerprint density at radius 3 is 2.33 bits per heavy atom. The molecule has 4 rings (SSSR count). The van der Waals surface area contributed by atoms with E-state index >= 15 is 0 Å². The highest BCUT2D eigenvalue weighted by atomic mass is 16.5. The third-order valence-corrected chi connectivity index (χ3v) is 4.93. The molecule has 1 unspecified atom stereocenters. The minimum atomic E-state index is -0.932. The van der Waals surface area contributed by atoms with Crippen molar-refractivity contribution in [3.05, 3.63) is 83.8 Å². The number of amides is 1. The first-order valence-electron chi connectivity index (χ1n) is 9.18. The zero-order chi connectivity index (χ0) is 21.3. The number of rotatable bonds is 5. The van der Waals surface area contributed by atoms with Crippen molar-refractivity contribution >= 4 is 23.1 Å². The highest BCUT2D eigenvalue weighted by Gasteiger charge is 2.48. The van der Waals surface area contributed by atoms with Gasteiger partial charge in [0.2, 0.25) is 0 Å². The summed E-state index contributed by atoms with van der Waals surface area (Å²) in [4.78, 5) is 27.3. The number of carbonyl (C=O) groups excluding carboxylic acids is 2. The molecular formula is C23H19NO6. The second-order valence-electron chi connectivity index (χ2n) is 6.62. The SMILES string of the molecule is COc1cccc(/C(O)=C2/C(=O)C(=O)N(c3cccc(OC)c3)C2c2ccco2)c1. The van der Waals surface area contributed by atoms with Crippen molar-refractivity contribution in [3.8, 4) is 11.5 Å². The van der Waals surface area contributed by atoms with Crippen molar-refractivity contribution < 1.29 is 28.6 Å². The number of methoxy groups -OCH3 is 2. The molecule has 0 saturated carbocycles. The lowest BCUT2D eigenvalue weighted by Gasteiger charge is -2.23. The second-order valence-corrected chi connectivity index (χ2v) is 6.62. The van der Waals surface area contributed by atoms with Gasteiger partial charge in [-0.15, -0.1) is 0 Å². The monoisotopic (exact) mass is 405 g/mol. The van der Waals surface area contributed by atoms with Crippen LogP contribution < -0.4 is 14.4 Å². The van der Waals surface area contributed by atoms with Crippen LogP contribution in [0.2, 0.25) is 0 Å². The minimum Gasteiger partial charge on any atom is -0.507 e. The van der Waals surface area contributed by atoms with Crippen molar-refractivity contribution in [3.63, 3.8) is 0 Å². The number of Topliss-reactive ketones (excluding diaryl/α,β-unsaturated/α-hetero) is 1. The summed E-state index contributed by atoms with van der Waals surface area (Å²) in [5, 5.41) is 11.0. The topological polar surface area (TPSA) is 89.2 Å². The molecule has 2 heterocycles. The molecule has 0 aliphatic carbocycles. The molecule has 1 N–H and O–H groups in total. The molecule has 1 fully saturated rings. The van der Waals surface area contributed by atoms with Gasteiger partial charge < -0.3 is 19.0 Å². The number of furan rings is 1. The third kappa shape index (κ3) is 3.20. The molecule has 7 heteroatoms. The quantitative estimate of drug-likeness (QED) is 0.393. The number of aliphatic hydroxyl groups excluding tert-OH is 1. The first-order valence-corrected chi connectivity index (χ1v) is 9.18. The van der Waals surface area contributed by atoms with Crippen LogP contribution in [0.4, 0.5) is 5.69 Å². The van der Waals surface area contributed by atoms with E-state index in [4.69, 9.17) is 13.9 Å². The normalized spacial score (nSPS) is 17.9. The molecule has 1 aromatic heterocycles. The number of hydrogen-bond acceptors (Lipinski definition) is 6. The van der Waals surface area contributed by atoms with Gasteiger partial charge in [-0.3, -0.25) is 14.5 Å². The van der Waals surface area contributed by atoms with Gasteiger partial charge in [-0.1, -0.05) is 18.2 Å². The zero-order valence-electron chi connectivity index (χ0n) is 16.4. The van der Waals surface area contributed by atoms with E-state index in [9.17, 15) is 14.7 Å². The number of anilines is 1. The van der Waals surface area contributed by atoms with Crippen LogP contribution in [0, 0.1) is 0 Å². The first kappa shape index (κ1) is 19.3. The molecule has 1 aliphatic heterocycles. The van der Waals surface area contributed by atoms with Crippen molar-refractivity contribution in [2.45, 2.75) is 6.04 Å². The maximum Gasteiger partial charge on any atom is 0.300 e. The van der Waals surface area contributed by atoms with Crippen LogP contribution in [0.3, 0.4) is 0 Å². The Morgan fingerprint density at radius 2 is 1.67 bits per heavy atom. The Balaban J connectivity index is 1.91. The highest BCUT2D eigenvalue weighted by Crippen LogP contribution is 2.43. The summed E-state index contributed by atoms with van der Waals surface area (Å²) in [5.74, 6) is -0.495. The smallest absolute Gasteiger partial charge is 0.300 e. The third-order valence-electron chi connectivity index (χ3n) is 4.93. The molecule has 1 aliphatic rings. The predicted octanol–water partition coefficient (Wildman–Crippen LogP) is 3.92. The Bertz CT molecular complexity index is 1130. The van der Waals surface area contributed by atoms with E-state index in [0.29, 0.717) is 28.5 Å².